The first kappa shape index (κ1) is 24.3. The standard InChI is InChI=1S/C20H21N5O9S/c1-3-33-18(27)14-9-21-22-23(14)11-20(2)17(24-15(26)8-16(24)35(20,31)32)19(28)34-10-12-4-6-13(7-5-12)25(29)30/h4-7,9,16-17H,3,8,10-11H2,1-2H3/t16-,17+,20+/m1/s1. The van der Waals surface area contributed by atoms with Crippen LogP contribution in [0.15, 0.2) is 30.5 Å². The SMILES string of the molecule is CCOC(=O)c1cnnn1C[C@@]1(C)[C@H](C(=O)OCc2ccc([N+](=O)[O-])cc2)N2C(=O)C[C@H]2S1(=O)=O. The summed E-state index contributed by atoms with van der Waals surface area (Å²) in [6.45, 7) is 2.21. The van der Waals surface area contributed by atoms with Crippen molar-refractivity contribution in [2.75, 3.05) is 6.61 Å². The molecule has 186 valence electrons. The maximum absolute atomic E-state index is 13.4. The second kappa shape index (κ2) is 8.72. The molecule has 0 bridgehead atoms. The Balaban J connectivity index is 1.62. The summed E-state index contributed by atoms with van der Waals surface area (Å²) in [5.74, 6) is -2.26. The van der Waals surface area contributed by atoms with E-state index in [2.05, 4.69) is 10.3 Å². The van der Waals surface area contributed by atoms with Crippen molar-refractivity contribution in [2.24, 2.45) is 0 Å². The number of fused-ring (bicyclic) bond motifs is 1. The Kier molecular flexibility index (Phi) is 6.04. The number of carbonyl (C=O) groups excluding carboxylic acids is 3. The van der Waals surface area contributed by atoms with Gasteiger partial charge >= 0.3 is 11.9 Å². The van der Waals surface area contributed by atoms with Crippen LogP contribution in [0.1, 0.15) is 36.3 Å². The molecular formula is C20H21N5O9S. The fraction of sp³-hybridized carbons (Fsp3) is 0.450. The summed E-state index contributed by atoms with van der Waals surface area (Å²) >= 11 is 0. The van der Waals surface area contributed by atoms with Crippen LogP contribution in [0.5, 0.6) is 0 Å². The van der Waals surface area contributed by atoms with Crippen molar-refractivity contribution in [3.63, 3.8) is 0 Å². The first-order valence-electron chi connectivity index (χ1n) is 10.5. The minimum absolute atomic E-state index is 0.0710. The monoisotopic (exact) mass is 507 g/mol. The van der Waals surface area contributed by atoms with E-state index in [1.807, 2.05) is 0 Å². The number of hydrogen-bond donors (Lipinski definition) is 0. The molecule has 0 aliphatic carbocycles. The van der Waals surface area contributed by atoms with Crippen LogP contribution in [0, 0.1) is 10.1 Å². The van der Waals surface area contributed by atoms with Gasteiger partial charge in [0.15, 0.2) is 21.6 Å². The minimum atomic E-state index is -4.10. The van der Waals surface area contributed by atoms with Gasteiger partial charge in [0.05, 0.1) is 30.7 Å². The van der Waals surface area contributed by atoms with Crippen LogP contribution in [0.3, 0.4) is 0 Å². The number of aromatic nitrogens is 3. The molecule has 1 aromatic carbocycles. The van der Waals surface area contributed by atoms with Gasteiger partial charge in [-0.3, -0.25) is 14.9 Å². The van der Waals surface area contributed by atoms with Crippen molar-refractivity contribution in [3.05, 3.63) is 51.8 Å². The van der Waals surface area contributed by atoms with Gasteiger partial charge in [-0.1, -0.05) is 5.21 Å². The summed E-state index contributed by atoms with van der Waals surface area (Å²) in [5, 5.41) is 17.0. The summed E-state index contributed by atoms with van der Waals surface area (Å²) in [4.78, 5) is 48.9. The molecule has 2 saturated heterocycles. The van der Waals surface area contributed by atoms with E-state index < -0.39 is 55.3 Å². The average Bonchev–Trinajstić information content (AvgIpc) is 3.31. The lowest BCUT2D eigenvalue weighted by molar-refractivity contribution is -0.384. The zero-order valence-corrected chi connectivity index (χ0v) is 19.5. The third kappa shape index (κ3) is 3.90. The van der Waals surface area contributed by atoms with Gasteiger partial charge in [0, 0.05) is 12.1 Å². The van der Waals surface area contributed by atoms with Crippen LogP contribution < -0.4 is 0 Å². The number of benzene rings is 1. The predicted molar refractivity (Wildman–Crippen MR) is 115 cm³/mol. The van der Waals surface area contributed by atoms with Crippen molar-refractivity contribution >= 4 is 33.4 Å². The molecule has 1 amide bonds. The van der Waals surface area contributed by atoms with E-state index >= 15 is 0 Å². The zero-order valence-electron chi connectivity index (χ0n) is 18.7. The molecule has 35 heavy (non-hydrogen) atoms. The molecule has 2 aromatic rings. The fourth-order valence-corrected chi connectivity index (χ4v) is 6.60. The quantitative estimate of drug-likeness (QED) is 0.206. The van der Waals surface area contributed by atoms with E-state index in [0.29, 0.717) is 5.56 Å². The highest BCUT2D eigenvalue weighted by Gasteiger charge is 2.70. The van der Waals surface area contributed by atoms with Gasteiger partial charge in [-0.2, -0.15) is 0 Å². The van der Waals surface area contributed by atoms with Crippen LogP contribution in [-0.4, -0.2) is 73.9 Å². The number of nitro groups is 1. The summed E-state index contributed by atoms with van der Waals surface area (Å²) in [6, 6.07) is 3.77. The van der Waals surface area contributed by atoms with Crippen molar-refractivity contribution in [1.29, 1.82) is 0 Å². The predicted octanol–water partition coefficient (Wildman–Crippen LogP) is 0.221. The number of nitro benzene ring substituents is 1. The first-order valence-corrected chi connectivity index (χ1v) is 12.1. The number of nitrogens with zero attached hydrogens (tertiary/aromatic N) is 5. The number of hydrogen-bond acceptors (Lipinski definition) is 11. The Morgan fingerprint density at radius 1 is 1.26 bits per heavy atom. The molecule has 2 fully saturated rings. The van der Waals surface area contributed by atoms with E-state index in [4.69, 9.17) is 9.47 Å². The summed E-state index contributed by atoms with van der Waals surface area (Å²) in [6.07, 6.45) is 0.844. The zero-order chi connectivity index (χ0) is 25.5. The Labute approximate surface area is 198 Å². The summed E-state index contributed by atoms with van der Waals surface area (Å²) in [5.41, 5.74) is 0.175. The molecule has 3 atom stereocenters. The number of β-lactam (4-membered cyclic amide) rings is 1. The number of amides is 1. The molecule has 15 heteroatoms. The van der Waals surface area contributed by atoms with Crippen LogP contribution in [0.2, 0.25) is 0 Å². The number of rotatable bonds is 8. The van der Waals surface area contributed by atoms with Crippen LogP contribution in [0.25, 0.3) is 0 Å². The Morgan fingerprint density at radius 2 is 1.94 bits per heavy atom. The highest BCUT2D eigenvalue weighted by molar-refractivity contribution is 7.93. The second-order valence-electron chi connectivity index (χ2n) is 8.25. The van der Waals surface area contributed by atoms with Gasteiger partial charge < -0.3 is 14.4 Å². The first-order chi connectivity index (χ1) is 16.5. The van der Waals surface area contributed by atoms with Crippen molar-refractivity contribution in [3.8, 4) is 0 Å². The highest BCUT2D eigenvalue weighted by Crippen LogP contribution is 2.47. The number of sulfone groups is 1. The largest absolute Gasteiger partial charge is 0.461 e. The lowest BCUT2D eigenvalue weighted by atomic mass is 9.96. The Hall–Kier alpha value is -3.88. The number of esters is 2. The van der Waals surface area contributed by atoms with E-state index in [9.17, 15) is 32.9 Å². The maximum Gasteiger partial charge on any atom is 0.358 e. The van der Waals surface area contributed by atoms with Gasteiger partial charge in [0.25, 0.3) is 5.69 Å². The molecule has 0 N–H and O–H groups in total. The van der Waals surface area contributed by atoms with Crippen LogP contribution >= 0.6 is 0 Å². The third-order valence-corrected chi connectivity index (χ3v) is 8.89. The maximum atomic E-state index is 13.4. The average molecular weight is 507 g/mol. The van der Waals surface area contributed by atoms with Crippen molar-refractivity contribution < 1.29 is 37.2 Å². The molecule has 1 aromatic heterocycles. The smallest absolute Gasteiger partial charge is 0.358 e. The Morgan fingerprint density at radius 3 is 2.54 bits per heavy atom. The van der Waals surface area contributed by atoms with E-state index in [-0.39, 0.29) is 31.0 Å². The Bertz CT molecular complexity index is 1310. The number of non-ortho nitro benzene ring substituents is 1. The van der Waals surface area contributed by atoms with E-state index in [0.717, 1.165) is 15.8 Å². The minimum Gasteiger partial charge on any atom is -0.461 e. The summed E-state index contributed by atoms with van der Waals surface area (Å²) in [7, 11) is -4.10. The van der Waals surface area contributed by atoms with Gasteiger partial charge in [-0.05, 0) is 31.5 Å². The number of carbonyl (C=O) groups is 3. The second-order valence-corrected chi connectivity index (χ2v) is 10.8. The molecule has 0 unspecified atom stereocenters. The normalized spacial score (nSPS) is 24.4. The van der Waals surface area contributed by atoms with Gasteiger partial charge in [-0.25, -0.2) is 22.7 Å². The molecule has 0 radical (unpaired) electrons. The molecule has 0 spiro atoms. The molecule has 4 rings (SSSR count). The molecule has 2 aliphatic rings. The van der Waals surface area contributed by atoms with Gasteiger partial charge in [0.2, 0.25) is 5.91 Å². The van der Waals surface area contributed by atoms with Crippen molar-refractivity contribution in [1.82, 2.24) is 19.9 Å². The molecule has 0 saturated carbocycles. The lowest BCUT2D eigenvalue weighted by Crippen LogP contribution is -2.58. The van der Waals surface area contributed by atoms with Crippen LogP contribution in [-0.2, 0) is 42.1 Å². The third-order valence-electron chi connectivity index (χ3n) is 6.13. The summed E-state index contributed by atoms with van der Waals surface area (Å²) < 4.78 is 36.2. The van der Waals surface area contributed by atoms with E-state index in [1.165, 1.54) is 31.2 Å². The molecule has 2 aliphatic heterocycles. The molecule has 3 heterocycles. The topological polar surface area (TPSA) is 181 Å². The molecular weight excluding hydrogens is 486 g/mol. The lowest BCUT2D eigenvalue weighted by Gasteiger charge is -2.36. The van der Waals surface area contributed by atoms with Crippen LogP contribution in [0.4, 0.5) is 5.69 Å². The highest BCUT2D eigenvalue weighted by atomic mass is 32.2. The van der Waals surface area contributed by atoms with Gasteiger partial charge in [0.1, 0.15) is 16.7 Å². The number of ether oxygens (including phenoxy) is 2. The molecule has 14 nitrogen and oxygen atoms in total. The fourth-order valence-electron chi connectivity index (χ4n) is 4.25. The van der Waals surface area contributed by atoms with Crippen molar-refractivity contribution in [2.45, 2.75) is 49.6 Å². The van der Waals surface area contributed by atoms with E-state index in [1.54, 1.807) is 6.92 Å². The van der Waals surface area contributed by atoms with Gasteiger partial charge in [-0.15, -0.1) is 5.10 Å².